The van der Waals surface area contributed by atoms with E-state index in [9.17, 15) is 0 Å². The van der Waals surface area contributed by atoms with E-state index in [4.69, 9.17) is 9.47 Å². The van der Waals surface area contributed by atoms with Crippen LogP contribution in [0.5, 0.6) is 11.5 Å². The average molecular weight is 326 g/mol. The monoisotopic (exact) mass is 325 g/mol. The minimum atomic E-state index is 0.330. The Labute approximate surface area is 122 Å². The predicted octanol–water partition coefficient (Wildman–Crippen LogP) is 3.85. The standard InChI is InChI=1S/C15H20BrNO2/c1-10(11-4-2-3-5-11)17-8-12-6-14-15(7-13(12)16)19-9-18-14/h6-7,10-11,17H,2-5,8-9H2,1H3/t10-/m0/s1. The molecule has 0 saturated heterocycles. The Balaban J connectivity index is 1.63. The molecule has 2 aliphatic rings. The summed E-state index contributed by atoms with van der Waals surface area (Å²) in [7, 11) is 0. The van der Waals surface area contributed by atoms with E-state index in [2.05, 4.69) is 34.2 Å². The number of hydrogen-bond acceptors (Lipinski definition) is 3. The number of hydrogen-bond donors (Lipinski definition) is 1. The molecule has 0 radical (unpaired) electrons. The van der Waals surface area contributed by atoms with Crippen molar-refractivity contribution >= 4 is 15.9 Å². The van der Waals surface area contributed by atoms with Gasteiger partial charge in [0, 0.05) is 17.1 Å². The summed E-state index contributed by atoms with van der Waals surface area (Å²) < 4.78 is 11.9. The lowest BCUT2D eigenvalue weighted by molar-refractivity contribution is 0.174. The Morgan fingerprint density at radius 1 is 1.26 bits per heavy atom. The van der Waals surface area contributed by atoms with Gasteiger partial charge >= 0.3 is 0 Å². The van der Waals surface area contributed by atoms with Crippen molar-refractivity contribution in [1.29, 1.82) is 0 Å². The highest BCUT2D eigenvalue weighted by molar-refractivity contribution is 9.10. The molecule has 1 aromatic carbocycles. The molecule has 0 unspecified atom stereocenters. The summed E-state index contributed by atoms with van der Waals surface area (Å²) in [6, 6.07) is 4.65. The van der Waals surface area contributed by atoms with Crippen LogP contribution in [-0.4, -0.2) is 12.8 Å². The summed E-state index contributed by atoms with van der Waals surface area (Å²) in [5.74, 6) is 2.53. The van der Waals surface area contributed by atoms with Crippen LogP contribution in [0, 0.1) is 5.92 Å². The highest BCUT2D eigenvalue weighted by Gasteiger charge is 2.22. The maximum absolute atomic E-state index is 5.43. The number of halogens is 1. The summed E-state index contributed by atoms with van der Waals surface area (Å²) in [6.45, 7) is 3.50. The number of nitrogens with one attached hydrogen (secondary N) is 1. The topological polar surface area (TPSA) is 30.5 Å². The summed E-state index contributed by atoms with van der Waals surface area (Å²) in [5, 5.41) is 3.65. The molecule has 0 spiro atoms. The second-order valence-electron chi connectivity index (χ2n) is 5.51. The molecule has 1 atom stereocenters. The molecule has 3 rings (SSSR count). The molecule has 0 amide bonds. The summed E-state index contributed by atoms with van der Waals surface area (Å²) in [4.78, 5) is 0. The SMILES string of the molecule is C[C@H](NCc1cc2c(cc1Br)OCO2)C1CCCC1. The van der Waals surface area contributed by atoms with Gasteiger partial charge in [-0.2, -0.15) is 0 Å². The van der Waals surface area contributed by atoms with Gasteiger partial charge < -0.3 is 14.8 Å². The van der Waals surface area contributed by atoms with Crippen molar-refractivity contribution in [2.45, 2.75) is 45.2 Å². The third-order valence-electron chi connectivity index (χ3n) is 4.26. The normalized spacial score (nSPS) is 19.9. The van der Waals surface area contributed by atoms with Gasteiger partial charge in [-0.1, -0.05) is 28.8 Å². The largest absolute Gasteiger partial charge is 0.454 e. The van der Waals surface area contributed by atoms with E-state index in [-0.39, 0.29) is 0 Å². The first-order chi connectivity index (χ1) is 9.24. The number of fused-ring (bicyclic) bond motifs is 1. The van der Waals surface area contributed by atoms with Gasteiger partial charge in [0.1, 0.15) is 0 Å². The summed E-state index contributed by atoms with van der Waals surface area (Å²) >= 11 is 3.61. The number of benzene rings is 1. The van der Waals surface area contributed by atoms with Crippen LogP contribution in [0.15, 0.2) is 16.6 Å². The molecule has 4 heteroatoms. The minimum Gasteiger partial charge on any atom is -0.454 e. The predicted molar refractivity (Wildman–Crippen MR) is 78.5 cm³/mol. The molecule has 1 aromatic rings. The van der Waals surface area contributed by atoms with Gasteiger partial charge in [0.05, 0.1) is 0 Å². The Hall–Kier alpha value is -0.740. The van der Waals surface area contributed by atoms with Crippen LogP contribution in [-0.2, 0) is 6.54 Å². The molecule has 3 nitrogen and oxygen atoms in total. The van der Waals surface area contributed by atoms with Gasteiger partial charge in [0.2, 0.25) is 6.79 Å². The van der Waals surface area contributed by atoms with Gasteiger partial charge in [-0.05, 0) is 43.4 Å². The molecule has 104 valence electrons. The van der Waals surface area contributed by atoms with Crippen LogP contribution in [0.25, 0.3) is 0 Å². The smallest absolute Gasteiger partial charge is 0.231 e. The number of rotatable bonds is 4. The van der Waals surface area contributed by atoms with E-state index in [1.807, 2.05) is 6.07 Å². The zero-order valence-corrected chi connectivity index (χ0v) is 12.8. The van der Waals surface area contributed by atoms with Gasteiger partial charge in [-0.3, -0.25) is 0 Å². The molecule has 19 heavy (non-hydrogen) atoms. The highest BCUT2D eigenvalue weighted by atomic mass is 79.9. The van der Waals surface area contributed by atoms with Crippen molar-refractivity contribution in [3.8, 4) is 11.5 Å². The fourth-order valence-corrected chi connectivity index (χ4v) is 3.45. The van der Waals surface area contributed by atoms with Crippen LogP contribution < -0.4 is 14.8 Å². The maximum atomic E-state index is 5.43. The molecule has 1 saturated carbocycles. The lowest BCUT2D eigenvalue weighted by Crippen LogP contribution is -2.31. The third-order valence-corrected chi connectivity index (χ3v) is 5.00. The lowest BCUT2D eigenvalue weighted by Gasteiger charge is -2.20. The first kappa shape index (κ1) is 13.3. The highest BCUT2D eigenvalue weighted by Crippen LogP contribution is 2.37. The second-order valence-corrected chi connectivity index (χ2v) is 6.37. The fraction of sp³-hybridized carbons (Fsp3) is 0.600. The van der Waals surface area contributed by atoms with E-state index < -0.39 is 0 Å². The molecule has 0 bridgehead atoms. The van der Waals surface area contributed by atoms with Crippen LogP contribution >= 0.6 is 15.9 Å². The Morgan fingerprint density at radius 2 is 1.95 bits per heavy atom. The van der Waals surface area contributed by atoms with Gasteiger partial charge in [0.15, 0.2) is 11.5 Å². The van der Waals surface area contributed by atoms with Crippen LogP contribution in [0.2, 0.25) is 0 Å². The lowest BCUT2D eigenvalue weighted by atomic mass is 9.99. The quantitative estimate of drug-likeness (QED) is 0.912. The Bertz CT molecular complexity index is 458. The molecule has 0 aromatic heterocycles. The molecule has 1 fully saturated rings. The maximum Gasteiger partial charge on any atom is 0.231 e. The average Bonchev–Trinajstić information content (AvgIpc) is 3.06. The van der Waals surface area contributed by atoms with Crippen LogP contribution in [0.1, 0.15) is 38.2 Å². The van der Waals surface area contributed by atoms with Crippen molar-refractivity contribution in [2.24, 2.45) is 5.92 Å². The molecular formula is C15H20BrNO2. The summed E-state index contributed by atoms with van der Waals surface area (Å²) in [5.41, 5.74) is 1.23. The first-order valence-electron chi connectivity index (χ1n) is 7.05. The molecule has 1 heterocycles. The van der Waals surface area contributed by atoms with E-state index in [1.54, 1.807) is 0 Å². The van der Waals surface area contributed by atoms with Crippen molar-refractivity contribution in [2.75, 3.05) is 6.79 Å². The number of ether oxygens (including phenoxy) is 2. The van der Waals surface area contributed by atoms with E-state index in [0.717, 1.165) is 28.4 Å². The van der Waals surface area contributed by atoms with Crippen molar-refractivity contribution in [3.63, 3.8) is 0 Å². The summed E-state index contributed by atoms with van der Waals surface area (Å²) in [6.07, 6.45) is 5.53. The zero-order valence-electron chi connectivity index (χ0n) is 11.2. The second kappa shape index (κ2) is 5.71. The minimum absolute atomic E-state index is 0.330. The molecule has 1 aliphatic heterocycles. The van der Waals surface area contributed by atoms with Crippen LogP contribution in [0.4, 0.5) is 0 Å². The van der Waals surface area contributed by atoms with Gasteiger partial charge in [-0.25, -0.2) is 0 Å². The van der Waals surface area contributed by atoms with E-state index in [0.29, 0.717) is 12.8 Å². The Morgan fingerprint density at radius 3 is 2.68 bits per heavy atom. The zero-order chi connectivity index (χ0) is 13.2. The van der Waals surface area contributed by atoms with Crippen molar-refractivity contribution in [1.82, 2.24) is 5.32 Å². The van der Waals surface area contributed by atoms with Gasteiger partial charge in [0.25, 0.3) is 0 Å². The molecular weight excluding hydrogens is 306 g/mol. The fourth-order valence-electron chi connectivity index (χ4n) is 2.99. The first-order valence-corrected chi connectivity index (χ1v) is 7.85. The van der Waals surface area contributed by atoms with Crippen LogP contribution in [0.3, 0.4) is 0 Å². The van der Waals surface area contributed by atoms with Crippen molar-refractivity contribution in [3.05, 3.63) is 22.2 Å². The molecule has 1 aliphatic carbocycles. The van der Waals surface area contributed by atoms with E-state index in [1.165, 1.54) is 31.2 Å². The molecule has 1 N–H and O–H groups in total. The van der Waals surface area contributed by atoms with Crippen molar-refractivity contribution < 1.29 is 9.47 Å². The van der Waals surface area contributed by atoms with Gasteiger partial charge in [-0.15, -0.1) is 0 Å². The van der Waals surface area contributed by atoms with E-state index >= 15 is 0 Å². The third kappa shape index (κ3) is 2.90. The Kier molecular flexibility index (Phi) is 3.99.